The summed E-state index contributed by atoms with van der Waals surface area (Å²) in [6.45, 7) is 4.66. The zero-order valence-corrected chi connectivity index (χ0v) is 46.6. The lowest BCUT2D eigenvalue weighted by Crippen LogP contribution is -2.45. The van der Waals surface area contributed by atoms with Gasteiger partial charge in [0, 0.05) is 6.42 Å². The van der Waals surface area contributed by atoms with Gasteiger partial charge in [-0.25, -0.2) is 4.57 Å². The molecule has 0 rings (SSSR count). The number of phosphoric ester groups is 1. The highest BCUT2D eigenvalue weighted by atomic mass is 31.2. The molecule has 0 aromatic rings. The minimum atomic E-state index is -4.37. The Morgan fingerprint density at radius 3 is 1.31 bits per heavy atom. The second-order valence-electron chi connectivity index (χ2n) is 19.9. The highest BCUT2D eigenvalue weighted by Crippen LogP contribution is 2.43. The Labute approximate surface area is 431 Å². The number of carbonyl (C=O) groups excluding carboxylic acids is 1. The summed E-state index contributed by atoms with van der Waals surface area (Å²) in [5.74, 6) is -0.204. The number of quaternary nitrogens is 1. The average molecular weight is 997 g/mol. The number of hydrogen-bond donors (Lipinski definition) is 3. The van der Waals surface area contributed by atoms with Crippen LogP contribution in [0.15, 0.2) is 109 Å². The fourth-order valence-corrected chi connectivity index (χ4v) is 8.28. The highest BCUT2D eigenvalue weighted by molar-refractivity contribution is 7.47. The summed E-state index contributed by atoms with van der Waals surface area (Å²) in [5, 5.41) is 13.9. The summed E-state index contributed by atoms with van der Waals surface area (Å²) in [6, 6.07) is -0.883. The van der Waals surface area contributed by atoms with Crippen molar-refractivity contribution in [2.24, 2.45) is 0 Å². The highest BCUT2D eigenvalue weighted by Gasteiger charge is 2.27. The van der Waals surface area contributed by atoms with Crippen LogP contribution in [0.25, 0.3) is 0 Å². The number of amides is 1. The third-order valence-corrected chi connectivity index (χ3v) is 12.9. The molecular weight excluding hydrogens is 888 g/mol. The van der Waals surface area contributed by atoms with E-state index in [1.165, 1.54) is 103 Å². The summed E-state index contributed by atoms with van der Waals surface area (Å²) in [5.41, 5.74) is 0. The van der Waals surface area contributed by atoms with Crippen molar-refractivity contribution in [1.29, 1.82) is 0 Å². The quantitative estimate of drug-likeness (QED) is 0.0243. The third kappa shape index (κ3) is 53.0. The molecule has 0 aliphatic heterocycles. The van der Waals surface area contributed by atoms with E-state index in [4.69, 9.17) is 9.05 Å². The first-order valence-corrected chi connectivity index (χ1v) is 29.8. The van der Waals surface area contributed by atoms with Crippen LogP contribution in [-0.2, 0) is 18.4 Å². The number of aliphatic hydroxyl groups excluding tert-OH is 1. The molecule has 0 radical (unpaired) electrons. The van der Waals surface area contributed by atoms with Gasteiger partial charge >= 0.3 is 7.82 Å². The first-order chi connectivity index (χ1) is 34.0. The SMILES string of the molecule is CC/C=C\C/C=C\C/C=C\C/C=C\C/C=C\C/C=C\CCCCCCCCCCC(=O)NC(COP(=O)(O)OCC[N+](C)(C)C)C(O)/C=C/CC/C=C/CC/C=C/CCCCCCCCCCCCC. The van der Waals surface area contributed by atoms with E-state index in [0.29, 0.717) is 17.4 Å². The summed E-state index contributed by atoms with van der Waals surface area (Å²) in [7, 11) is 1.52. The summed E-state index contributed by atoms with van der Waals surface area (Å²) in [4.78, 5) is 23.3. The summed E-state index contributed by atoms with van der Waals surface area (Å²) >= 11 is 0. The average Bonchev–Trinajstić information content (AvgIpc) is 3.32. The molecular formula is C61H108N2O6P+. The van der Waals surface area contributed by atoms with Crippen LogP contribution in [0.1, 0.15) is 219 Å². The Morgan fingerprint density at radius 1 is 0.500 bits per heavy atom. The molecule has 9 heteroatoms. The lowest BCUT2D eigenvalue weighted by atomic mass is 10.1. The van der Waals surface area contributed by atoms with Gasteiger partial charge in [0.05, 0.1) is 39.9 Å². The number of carbonyl (C=O) groups is 1. The van der Waals surface area contributed by atoms with Crippen molar-refractivity contribution in [2.45, 2.75) is 231 Å². The molecule has 0 aromatic heterocycles. The summed E-state index contributed by atoms with van der Waals surface area (Å²) in [6.07, 6.45) is 74.7. The molecule has 0 fully saturated rings. The van der Waals surface area contributed by atoms with Gasteiger partial charge in [-0.2, -0.15) is 0 Å². The number of unbranched alkanes of at least 4 members (excludes halogenated alkanes) is 21. The summed E-state index contributed by atoms with van der Waals surface area (Å²) < 4.78 is 23.7. The first-order valence-electron chi connectivity index (χ1n) is 28.3. The van der Waals surface area contributed by atoms with E-state index in [0.717, 1.165) is 96.3 Å². The largest absolute Gasteiger partial charge is 0.472 e. The van der Waals surface area contributed by atoms with Crippen LogP contribution >= 0.6 is 7.82 Å². The molecule has 3 N–H and O–H groups in total. The molecule has 0 saturated heterocycles. The molecule has 70 heavy (non-hydrogen) atoms. The van der Waals surface area contributed by atoms with E-state index in [2.05, 4.69) is 116 Å². The van der Waals surface area contributed by atoms with Crippen molar-refractivity contribution >= 4 is 13.7 Å². The van der Waals surface area contributed by atoms with Gasteiger partial charge in [0.25, 0.3) is 0 Å². The van der Waals surface area contributed by atoms with E-state index in [9.17, 15) is 19.4 Å². The molecule has 0 bridgehead atoms. The second-order valence-corrected chi connectivity index (χ2v) is 21.4. The maximum atomic E-state index is 13.0. The molecule has 3 atom stereocenters. The van der Waals surface area contributed by atoms with Crippen molar-refractivity contribution < 1.29 is 32.9 Å². The smallest absolute Gasteiger partial charge is 0.387 e. The Hall–Kier alpha value is -2.84. The number of phosphoric acid groups is 1. The Balaban J connectivity index is 4.35. The predicted octanol–water partition coefficient (Wildman–Crippen LogP) is 17.2. The molecule has 402 valence electrons. The molecule has 0 heterocycles. The molecule has 1 amide bonds. The van der Waals surface area contributed by atoms with E-state index in [1.807, 2.05) is 27.2 Å². The minimum Gasteiger partial charge on any atom is -0.387 e. The van der Waals surface area contributed by atoms with Gasteiger partial charge in [-0.05, 0) is 96.3 Å². The zero-order valence-electron chi connectivity index (χ0n) is 45.7. The van der Waals surface area contributed by atoms with Crippen LogP contribution < -0.4 is 5.32 Å². The molecule has 0 aliphatic rings. The molecule has 0 spiro atoms. The van der Waals surface area contributed by atoms with Crippen LogP contribution in [0.3, 0.4) is 0 Å². The van der Waals surface area contributed by atoms with Gasteiger partial charge < -0.3 is 19.8 Å². The number of rotatable bonds is 50. The van der Waals surface area contributed by atoms with E-state index >= 15 is 0 Å². The number of aliphatic hydroxyl groups is 1. The third-order valence-electron chi connectivity index (χ3n) is 12.0. The lowest BCUT2D eigenvalue weighted by molar-refractivity contribution is -0.870. The second kappa shape index (κ2) is 51.1. The number of hydrogen-bond acceptors (Lipinski definition) is 5. The van der Waals surface area contributed by atoms with E-state index in [1.54, 1.807) is 6.08 Å². The van der Waals surface area contributed by atoms with Crippen molar-refractivity contribution in [2.75, 3.05) is 40.9 Å². The Kier molecular flexibility index (Phi) is 49.0. The first kappa shape index (κ1) is 67.2. The predicted molar refractivity (Wildman–Crippen MR) is 304 cm³/mol. The van der Waals surface area contributed by atoms with Gasteiger partial charge in [0.1, 0.15) is 13.2 Å². The number of nitrogens with one attached hydrogen (secondary N) is 1. The molecule has 3 unspecified atom stereocenters. The van der Waals surface area contributed by atoms with Crippen LogP contribution in [0.2, 0.25) is 0 Å². The van der Waals surface area contributed by atoms with Gasteiger partial charge in [-0.15, -0.1) is 0 Å². The van der Waals surface area contributed by atoms with Gasteiger partial charge in [-0.3, -0.25) is 13.8 Å². The Morgan fingerprint density at radius 2 is 0.871 bits per heavy atom. The monoisotopic (exact) mass is 996 g/mol. The van der Waals surface area contributed by atoms with Crippen molar-refractivity contribution in [3.63, 3.8) is 0 Å². The number of allylic oxidation sites excluding steroid dienone is 17. The maximum Gasteiger partial charge on any atom is 0.472 e. The number of likely N-dealkylation sites (N-methyl/N-ethyl adjacent to an activating group) is 1. The zero-order chi connectivity index (χ0) is 51.3. The molecule has 8 nitrogen and oxygen atoms in total. The molecule has 0 saturated carbocycles. The van der Waals surface area contributed by atoms with E-state index in [-0.39, 0.29) is 19.1 Å². The minimum absolute atomic E-state index is 0.0460. The van der Waals surface area contributed by atoms with Crippen LogP contribution in [0.4, 0.5) is 0 Å². The van der Waals surface area contributed by atoms with Crippen molar-refractivity contribution in [1.82, 2.24) is 5.32 Å². The normalized spacial score (nSPS) is 14.8. The fraction of sp³-hybridized carbons (Fsp3) is 0.689. The van der Waals surface area contributed by atoms with E-state index < -0.39 is 20.0 Å². The maximum absolute atomic E-state index is 13.0. The van der Waals surface area contributed by atoms with Crippen LogP contribution in [0.5, 0.6) is 0 Å². The van der Waals surface area contributed by atoms with Crippen LogP contribution in [-0.4, -0.2) is 73.4 Å². The fourth-order valence-electron chi connectivity index (χ4n) is 7.55. The number of nitrogens with zero attached hydrogens (tertiary/aromatic N) is 1. The molecule has 0 aromatic carbocycles. The van der Waals surface area contributed by atoms with Crippen molar-refractivity contribution in [3.8, 4) is 0 Å². The van der Waals surface area contributed by atoms with Gasteiger partial charge in [0.2, 0.25) is 5.91 Å². The topological polar surface area (TPSA) is 105 Å². The molecule has 0 aliphatic carbocycles. The van der Waals surface area contributed by atoms with Gasteiger partial charge in [0.15, 0.2) is 0 Å². The lowest BCUT2D eigenvalue weighted by Gasteiger charge is -2.25. The standard InChI is InChI=1S/C61H107N2O6P/c1-6-8-10-12-14-16-18-20-22-24-26-28-29-30-31-32-33-35-37-39-41-43-45-47-49-51-53-55-61(65)62-59(58-69-70(66,67)68-57-56-63(3,4)5)60(64)54-52-50-48-46-44-42-40-38-36-34-27-25-23-21-19-17-15-13-11-9-7-2/h8,10,14,16,20,22,26,28,30-31,33,35-36,38,44,46,52,54,59-60,64H,6-7,9,11-13,15,17-19,21,23-25,27,29,32,34,37,39-43,45,47-51,53,55-58H2,1-5H3,(H-,62,65,66,67)/p+1/b10-8-,16-14-,22-20-,28-26-,31-30-,35-33-,38-36+,46-44+,54-52+. The van der Waals surface area contributed by atoms with Crippen LogP contribution in [0, 0.1) is 0 Å². The Bertz CT molecular complexity index is 1500. The van der Waals surface area contributed by atoms with Crippen molar-refractivity contribution in [3.05, 3.63) is 109 Å². The van der Waals surface area contributed by atoms with Gasteiger partial charge in [-0.1, -0.05) is 226 Å².